The third kappa shape index (κ3) is 4.03. The number of halogens is 2. The van der Waals surface area contributed by atoms with Gasteiger partial charge in [0.25, 0.3) is 0 Å². The van der Waals surface area contributed by atoms with E-state index in [1.807, 2.05) is 24.3 Å². The molecule has 4 nitrogen and oxygen atoms in total. The summed E-state index contributed by atoms with van der Waals surface area (Å²) in [6.07, 6.45) is 1.56. The second-order valence-electron chi connectivity index (χ2n) is 5.15. The lowest BCUT2D eigenvalue weighted by molar-refractivity contribution is 0.573. The number of nitrogens with one attached hydrogen (secondary N) is 1. The van der Waals surface area contributed by atoms with Gasteiger partial charge in [-0.05, 0) is 36.4 Å². The highest BCUT2D eigenvalue weighted by Gasteiger charge is 2.08. The molecule has 0 fully saturated rings. The lowest BCUT2D eigenvalue weighted by atomic mass is 10.1. The third-order valence-electron chi connectivity index (χ3n) is 3.54. The Balaban J connectivity index is 1.68. The predicted molar refractivity (Wildman–Crippen MR) is 99.8 cm³/mol. The quantitative estimate of drug-likeness (QED) is 0.493. The van der Waals surface area contributed by atoms with Crippen LogP contribution in [0.15, 0.2) is 64.1 Å². The monoisotopic (exact) mass is 369 g/mol. The lowest BCUT2D eigenvalue weighted by Crippen LogP contribution is -2.06. The van der Waals surface area contributed by atoms with Crippen LogP contribution in [0.3, 0.4) is 0 Å². The standard InChI is InChI=1S/C19H13Cl2N3O/c20-17-6-3-7-18(21)16(17)12-24-23-11-14-8-9-19(25-14)15-5-2-1-4-13(15)10-22/h1-9,11,24H,12H2/b23-11-. The van der Waals surface area contributed by atoms with Crippen LogP contribution in [0.5, 0.6) is 0 Å². The number of hydrogen-bond acceptors (Lipinski definition) is 4. The van der Waals surface area contributed by atoms with E-state index in [4.69, 9.17) is 32.9 Å². The van der Waals surface area contributed by atoms with Gasteiger partial charge in [-0.15, -0.1) is 0 Å². The van der Waals surface area contributed by atoms with E-state index < -0.39 is 0 Å². The van der Waals surface area contributed by atoms with Gasteiger partial charge in [0, 0.05) is 21.2 Å². The molecule has 3 aromatic rings. The van der Waals surface area contributed by atoms with Crippen LogP contribution in [0.1, 0.15) is 16.9 Å². The topological polar surface area (TPSA) is 61.3 Å². The van der Waals surface area contributed by atoms with Crippen LogP contribution in [0.2, 0.25) is 10.0 Å². The van der Waals surface area contributed by atoms with Crippen LogP contribution in [0.25, 0.3) is 11.3 Å². The van der Waals surface area contributed by atoms with Crippen molar-refractivity contribution in [1.82, 2.24) is 5.43 Å². The number of nitriles is 1. The largest absolute Gasteiger partial charge is 0.455 e. The normalized spacial score (nSPS) is 10.8. The Kier molecular flexibility index (Phi) is 5.39. The first kappa shape index (κ1) is 17.1. The van der Waals surface area contributed by atoms with E-state index in [2.05, 4.69) is 16.6 Å². The Bertz CT molecular complexity index is 937. The van der Waals surface area contributed by atoms with E-state index in [-0.39, 0.29) is 0 Å². The Morgan fingerprint density at radius 3 is 2.56 bits per heavy atom. The van der Waals surface area contributed by atoms with E-state index in [9.17, 15) is 0 Å². The molecule has 3 rings (SSSR count). The molecule has 0 spiro atoms. The van der Waals surface area contributed by atoms with Gasteiger partial charge in [-0.2, -0.15) is 10.4 Å². The van der Waals surface area contributed by atoms with Crippen LogP contribution in [-0.4, -0.2) is 6.21 Å². The van der Waals surface area contributed by atoms with Crippen molar-refractivity contribution >= 4 is 29.4 Å². The zero-order valence-electron chi connectivity index (χ0n) is 13.0. The lowest BCUT2D eigenvalue weighted by Gasteiger charge is -2.05. The highest BCUT2D eigenvalue weighted by molar-refractivity contribution is 6.35. The van der Waals surface area contributed by atoms with Crippen molar-refractivity contribution in [2.75, 3.05) is 0 Å². The van der Waals surface area contributed by atoms with E-state index in [1.165, 1.54) is 0 Å². The molecule has 124 valence electrons. The summed E-state index contributed by atoms with van der Waals surface area (Å²) in [6.45, 7) is 0.403. The number of benzene rings is 2. The minimum Gasteiger partial charge on any atom is -0.455 e. The number of hydrogen-bond donors (Lipinski definition) is 1. The Morgan fingerprint density at radius 1 is 1.04 bits per heavy atom. The summed E-state index contributed by atoms with van der Waals surface area (Å²) in [5.41, 5.74) is 4.99. The zero-order valence-corrected chi connectivity index (χ0v) is 14.6. The number of hydrazone groups is 1. The smallest absolute Gasteiger partial charge is 0.147 e. The molecule has 1 heterocycles. The average molecular weight is 370 g/mol. The fraction of sp³-hybridized carbons (Fsp3) is 0.0526. The van der Waals surface area contributed by atoms with Crippen molar-refractivity contribution in [3.8, 4) is 17.4 Å². The van der Waals surface area contributed by atoms with Gasteiger partial charge < -0.3 is 9.84 Å². The molecular formula is C19H13Cl2N3O. The van der Waals surface area contributed by atoms with Crippen LogP contribution in [-0.2, 0) is 6.54 Å². The average Bonchev–Trinajstić information content (AvgIpc) is 3.09. The van der Waals surface area contributed by atoms with E-state index in [1.54, 1.807) is 36.5 Å². The van der Waals surface area contributed by atoms with Crippen molar-refractivity contribution < 1.29 is 4.42 Å². The molecule has 0 aliphatic heterocycles. The van der Waals surface area contributed by atoms with Gasteiger partial charge in [0.15, 0.2) is 0 Å². The van der Waals surface area contributed by atoms with Crippen molar-refractivity contribution in [1.29, 1.82) is 5.26 Å². The summed E-state index contributed by atoms with van der Waals surface area (Å²) < 4.78 is 5.72. The molecule has 0 saturated carbocycles. The van der Waals surface area contributed by atoms with Gasteiger partial charge in [-0.3, -0.25) is 0 Å². The first-order valence-corrected chi connectivity index (χ1v) is 8.23. The summed E-state index contributed by atoms with van der Waals surface area (Å²) in [7, 11) is 0. The Morgan fingerprint density at radius 2 is 1.80 bits per heavy atom. The van der Waals surface area contributed by atoms with Crippen LogP contribution >= 0.6 is 23.2 Å². The highest BCUT2D eigenvalue weighted by atomic mass is 35.5. The number of nitrogens with zero attached hydrogens (tertiary/aromatic N) is 2. The Hall–Kier alpha value is -2.74. The molecule has 0 aliphatic carbocycles. The number of furan rings is 1. The second kappa shape index (κ2) is 7.89. The zero-order chi connectivity index (χ0) is 17.6. The molecule has 2 aromatic carbocycles. The molecule has 0 radical (unpaired) electrons. The molecule has 0 atom stereocenters. The van der Waals surface area contributed by atoms with Gasteiger partial charge in [0.05, 0.1) is 24.4 Å². The first-order chi connectivity index (χ1) is 12.2. The van der Waals surface area contributed by atoms with Gasteiger partial charge in [0.1, 0.15) is 11.5 Å². The van der Waals surface area contributed by atoms with Crippen molar-refractivity contribution in [3.05, 3.63) is 81.5 Å². The van der Waals surface area contributed by atoms with Crippen molar-refractivity contribution in [2.45, 2.75) is 6.54 Å². The van der Waals surface area contributed by atoms with Gasteiger partial charge >= 0.3 is 0 Å². The predicted octanol–water partition coefficient (Wildman–Crippen LogP) is 5.25. The molecule has 0 saturated heterocycles. The molecule has 25 heavy (non-hydrogen) atoms. The fourth-order valence-corrected chi connectivity index (χ4v) is 2.83. The van der Waals surface area contributed by atoms with E-state index >= 15 is 0 Å². The summed E-state index contributed by atoms with van der Waals surface area (Å²) in [5, 5.41) is 14.5. The minimum absolute atomic E-state index is 0.403. The maximum Gasteiger partial charge on any atom is 0.147 e. The van der Waals surface area contributed by atoms with Gasteiger partial charge in [0.2, 0.25) is 0 Å². The molecule has 0 unspecified atom stereocenters. The maximum atomic E-state index is 9.16. The Labute approximate surface area is 155 Å². The van der Waals surface area contributed by atoms with Gasteiger partial charge in [-0.1, -0.05) is 41.4 Å². The SMILES string of the molecule is N#Cc1ccccc1-c1ccc(/C=N\NCc2c(Cl)cccc2Cl)o1. The molecule has 0 amide bonds. The molecule has 0 bridgehead atoms. The summed E-state index contributed by atoms with van der Waals surface area (Å²) in [5.74, 6) is 1.19. The molecule has 1 aromatic heterocycles. The van der Waals surface area contributed by atoms with Crippen LogP contribution in [0, 0.1) is 11.3 Å². The maximum absolute atomic E-state index is 9.16. The van der Waals surface area contributed by atoms with E-state index in [0.29, 0.717) is 33.7 Å². The van der Waals surface area contributed by atoms with Crippen LogP contribution < -0.4 is 5.43 Å². The fourth-order valence-electron chi connectivity index (χ4n) is 2.30. The van der Waals surface area contributed by atoms with E-state index in [0.717, 1.165) is 11.1 Å². The molecule has 0 aliphatic rings. The first-order valence-electron chi connectivity index (χ1n) is 7.47. The third-order valence-corrected chi connectivity index (χ3v) is 4.25. The minimum atomic E-state index is 0.403. The second-order valence-corrected chi connectivity index (χ2v) is 5.97. The van der Waals surface area contributed by atoms with Gasteiger partial charge in [-0.25, -0.2) is 0 Å². The summed E-state index contributed by atoms with van der Waals surface area (Å²) in [6, 6.07) is 18.4. The molecule has 1 N–H and O–H groups in total. The summed E-state index contributed by atoms with van der Waals surface area (Å²) >= 11 is 12.2. The molecular weight excluding hydrogens is 357 g/mol. The van der Waals surface area contributed by atoms with Crippen molar-refractivity contribution in [3.63, 3.8) is 0 Å². The highest BCUT2D eigenvalue weighted by Crippen LogP contribution is 2.25. The summed E-state index contributed by atoms with van der Waals surface area (Å²) in [4.78, 5) is 0. The molecule has 6 heteroatoms. The van der Waals surface area contributed by atoms with Crippen molar-refractivity contribution in [2.24, 2.45) is 5.10 Å². The van der Waals surface area contributed by atoms with Crippen LogP contribution in [0.4, 0.5) is 0 Å². The number of rotatable bonds is 5.